The molecule has 84 valence electrons. The molecule has 0 aromatic rings. The van der Waals surface area contributed by atoms with Crippen LogP contribution in [0.15, 0.2) is 0 Å². The van der Waals surface area contributed by atoms with Crippen molar-refractivity contribution in [2.45, 2.75) is 25.6 Å². The second-order valence-electron chi connectivity index (χ2n) is 3.71. The number of hydrogen-bond acceptors (Lipinski definition) is 4. The number of ketones is 2. The van der Waals surface area contributed by atoms with E-state index in [-0.39, 0.29) is 29.4 Å². The average molecular weight is 229 g/mol. The van der Waals surface area contributed by atoms with Crippen LogP contribution in [0.3, 0.4) is 0 Å². The van der Waals surface area contributed by atoms with Crippen LogP contribution in [0.5, 0.6) is 0 Å². The minimum atomic E-state index is -0.596. The standard InChI is InChI=1S/C10H15NO3S/c1-6(7(2)12)8(13)5-11-9(14)4-10(11)15-3/h6,10H,4-5H2,1-3H3. The van der Waals surface area contributed by atoms with E-state index in [0.29, 0.717) is 6.42 Å². The highest BCUT2D eigenvalue weighted by Crippen LogP contribution is 2.27. The maximum absolute atomic E-state index is 11.6. The highest BCUT2D eigenvalue weighted by Gasteiger charge is 2.37. The first-order chi connectivity index (χ1) is 6.97. The van der Waals surface area contributed by atoms with Crippen LogP contribution in [-0.2, 0) is 14.4 Å². The van der Waals surface area contributed by atoms with Crippen molar-refractivity contribution in [2.75, 3.05) is 12.8 Å². The molecule has 1 heterocycles. The van der Waals surface area contributed by atoms with Gasteiger partial charge < -0.3 is 4.90 Å². The van der Waals surface area contributed by atoms with Crippen LogP contribution in [0, 0.1) is 5.92 Å². The molecule has 0 radical (unpaired) electrons. The number of carbonyl (C=O) groups is 3. The van der Waals surface area contributed by atoms with Crippen LogP contribution >= 0.6 is 11.8 Å². The molecule has 5 heteroatoms. The van der Waals surface area contributed by atoms with Crippen LogP contribution in [-0.4, -0.2) is 40.5 Å². The van der Waals surface area contributed by atoms with Gasteiger partial charge in [0.25, 0.3) is 0 Å². The van der Waals surface area contributed by atoms with E-state index in [1.165, 1.54) is 11.8 Å². The van der Waals surface area contributed by atoms with E-state index in [4.69, 9.17) is 0 Å². The summed E-state index contributed by atoms with van der Waals surface area (Å²) in [6.07, 6.45) is 2.41. The third kappa shape index (κ3) is 2.59. The lowest BCUT2D eigenvalue weighted by molar-refractivity contribution is -0.146. The number of Topliss-reactive ketones (excluding diaryl/α,β-unsaturated/α-hetero) is 2. The number of thioether (sulfide) groups is 1. The third-order valence-electron chi connectivity index (χ3n) is 2.71. The average Bonchev–Trinajstić information content (AvgIpc) is 2.20. The van der Waals surface area contributed by atoms with Crippen LogP contribution in [0.4, 0.5) is 0 Å². The third-order valence-corrected chi connectivity index (χ3v) is 3.67. The summed E-state index contributed by atoms with van der Waals surface area (Å²) in [6, 6.07) is 0. The highest BCUT2D eigenvalue weighted by molar-refractivity contribution is 7.99. The molecule has 1 rings (SSSR count). The van der Waals surface area contributed by atoms with E-state index in [1.54, 1.807) is 18.7 Å². The normalized spacial score (nSPS) is 22.2. The SMILES string of the molecule is CSC1CC(=O)N1CC(=O)C(C)C(C)=O. The van der Waals surface area contributed by atoms with Crippen LogP contribution in [0.2, 0.25) is 0 Å². The van der Waals surface area contributed by atoms with Gasteiger partial charge in [-0.25, -0.2) is 0 Å². The Hall–Kier alpha value is -0.840. The monoisotopic (exact) mass is 229 g/mol. The molecule has 0 aromatic heterocycles. The molecule has 15 heavy (non-hydrogen) atoms. The Morgan fingerprint density at radius 1 is 1.60 bits per heavy atom. The number of nitrogens with zero attached hydrogens (tertiary/aromatic N) is 1. The smallest absolute Gasteiger partial charge is 0.226 e. The number of carbonyl (C=O) groups excluding carboxylic acids is 3. The van der Waals surface area contributed by atoms with Gasteiger partial charge in [0.1, 0.15) is 5.78 Å². The van der Waals surface area contributed by atoms with Crippen molar-refractivity contribution < 1.29 is 14.4 Å². The summed E-state index contributed by atoms with van der Waals surface area (Å²) in [5.74, 6) is -0.914. The van der Waals surface area contributed by atoms with Crippen molar-refractivity contribution in [1.29, 1.82) is 0 Å². The second kappa shape index (κ2) is 4.79. The zero-order valence-electron chi connectivity index (χ0n) is 9.15. The van der Waals surface area contributed by atoms with Crippen molar-refractivity contribution in [3.63, 3.8) is 0 Å². The summed E-state index contributed by atoms with van der Waals surface area (Å²) in [5, 5.41) is 0.112. The fraction of sp³-hybridized carbons (Fsp3) is 0.700. The van der Waals surface area contributed by atoms with Crippen LogP contribution in [0.1, 0.15) is 20.3 Å². The van der Waals surface area contributed by atoms with E-state index in [0.717, 1.165) is 0 Å². The second-order valence-corrected chi connectivity index (χ2v) is 4.73. The van der Waals surface area contributed by atoms with Gasteiger partial charge >= 0.3 is 0 Å². The predicted octanol–water partition coefficient (Wildman–Crippen LogP) is 0.702. The summed E-state index contributed by atoms with van der Waals surface area (Å²) in [7, 11) is 0. The lowest BCUT2D eigenvalue weighted by Gasteiger charge is -2.39. The predicted molar refractivity (Wildman–Crippen MR) is 58.5 cm³/mol. The first kappa shape index (κ1) is 12.2. The molecule has 0 spiro atoms. The summed E-state index contributed by atoms with van der Waals surface area (Å²) < 4.78 is 0. The van der Waals surface area contributed by atoms with E-state index in [9.17, 15) is 14.4 Å². The topological polar surface area (TPSA) is 54.5 Å². The van der Waals surface area contributed by atoms with Crippen molar-refractivity contribution in [3.8, 4) is 0 Å². The summed E-state index contributed by atoms with van der Waals surface area (Å²) >= 11 is 1.55. The zero-order chi connectivity index (χ0) is 11.6. The number of amides is 1. The van der Waals surface area contributed by atoms with E-state index >= 15 is 0 Å². The lowest BCUT2D eigenvalue weighted by Crippen LogP contribution is -2.53. The van der Waals surface area contributed by atoms with Gasteiger partial charge in [0.05, 0.1) is 24.3 Å². The lowest BCUT2D eigenvalue weighted by atomic mass is 10.0. The number of likely N-dealkylation sites (tertiary alicyclic amines) is 1. The van der Waals surface area contributed by atoms with Crippen LogP contribution < -0.4 is 0 Å². The highest BCUT2D eigenvalue weighted by atomic mass is 32.2. The Bertz CT molecular complexity index is 303. The number of β-lactam (4-membered cyclic amide) rings is 1. The quantitative estimate of drug-likeness (QED) is 0.514. The van der Waals surface area contributed by atoms with Gasteiger partial charge in [-0.15, -0.1) is 11.8 Å². The Balaban J connectivity index is 2.51. The number of hydrogen-bond donors (Lipinski definition) is 0. The van der Waals surface area contributed by atoms with Crippen molar-refractivity contribution in [2.24, 2.45) is 5.92 Å². The zero-order valence-corrected chi connectivity index (χ0v) is 9.97. The largest absolute Gasteiger partial charge is 0.323 e. The Morgan fingerprint density at radius 2 is 2.20 bits per heavy atom. The summed E-state index contributed by atoms with van der Waals surface area (Å²) in [6.45, 7) is 3.06. The first-order valence-electron chi connectivity index (χ1n) is 4.82. The molecule has 1 fully saturated rings. The molecule has 0 bridgehead atoms. The van der Waals surface area contributed by atoms with Crippen molar-refractivity contribution in [3.05, 3.63) is 0 Å². The van der Waals surface area contributed by atoms with Crippen molar-refractivity contribution in [1.82, 2.24) is 4.90 Å². The molecule has 0 aliphatic carbocycles. The molecule has 2 atom stereocenters. The molecule has 0 aromatic carbocycles. The molecule has 0 N–H and O–H groups in total. The molecule has 0 saturated carbocycles. The van der Waals surface area contributed by atoms with Gasteiger partial charge in [-0.05, 0) is 20.1 Å². The molecular formula is C10H15NO3S. The molecular weight excluding hydrogens is 214 g/mol. The van der Waals surface area contributed by atoms with Gasteiger partial charge in [-0.1, -0.05) is 0 Å². The first-order valence-corrected chi connectivity index (χ1v) is 6.11. The molecule has 1 amide bonds. The molecule has 1 aliphatic heterocycles. The molecule has 1 aliphatic rings. The van der Waals surface area contributed by atoms with Gasteiger partial charge in [-0.2, -0.15) is 0 Å². The van der Waals surface area contributed by atoms with E-state index < -0.39 is 5.92 Å². The summed E-state index contributed by atoms with van der Waals surface area (Å²) in [5.41, 5.74) is 0. The minimum Gasteiger partial charge on any atom is -0.323 e. The van der Waals surface area contributed by atoms with Crippen LogP contribution in [0.25, 0.3) is 0 Å². The fourth-order valence-electron chi connectivity index (χ4n) is 1.36. The molecule has 2 unspecified atom stereocenters. The summed E-state index contributed by atoms with van der Waals surface area (Å²) in [4.78, 5) is 35.3. The molecule has 1 saturated heterocycles. The minimum absolute atomic E-state index is 0.00143. The maximum Gasteiger partial charge on any atom is 0.226 e. The van der Waals surface area contributed by atoms with E-state index in [1.807, 2.05) is 6.26 Å². The van der Waals surface area contributed by atoms with Gasteiger partial charge in [0.2, 0.25) is 5.91 Å². The Kier molecular flexibility index (Phi) is 3.90. The Morgan fingerprint density at radius 3 is 2.60 bits per heavy atom. The van der Waals surface area contributed by atoms with Gasteiger partial charge in [-0.3, -0.25) is 14.4 Å². The van der Waals surface area contributed by atoms with Gasteiger partial charge in [0.15, 0.2) is 5.78 Å². The maximum atomic E-state index is 11.6. The molecule has 4 nitrogen and oxygen atoms in total. The fourth-order valence-corrected chi connectivity index (χ4v) is 2.11. The van der Waals surface area contributed by atoms with Gasteiger partial charge in [0, 0.05) is 0 Å². The van der Waals surface area contributed by atoms with Crippen molar-refractivity contribution >= 4 is 29.2 Å². The van der Waals surface area contributed by atoms with E-state index in [2.05, 4.69) is 0 Å². The number of rotatable bonds is 5. The Labute approximate surface area is 93.4 Å².